The third-order valence-electron chi connectivity index (χ3n) is 4.61. The molecule has 1 saturated heterocycles. The van der Waals surface area contributed by atoms with E-state index >= 15 is 0 Å². The van der Waals surface area contributed by atoms with Crippen molar-refractivity contribution in [2.75, 3.05) is 13.2 Å². The number of halogens is 1. The molecule has 3 nitrogen and oxygen atoms in total. The van der Waals surface area contributed by atoms with Crippen LogP contribution in [0.5, 0.6) is 5.75 Å². The van der Waals surface area contributed by atoms with E-state index in [0.717, 1.165) is 44.4 Å². The molecule has 1 aliphatic carbocycles. The van der Waals surface area contributed by atoms with Gasteiger partial charge < -0.3 is 14.8 Å². The lowest BCUT2D eigenvalue weighted by molar-refractivity contribution is -0.154. The first-order valence-electron chi connectivity index (χ1n) is 8.01. The molecule has 1 N–H and O–H groups in total. The van der Waals surface area contributed by atoms with Crippen molar-refractivity contribution in [1.29, 1.82) is 0 Å². The molecule has 1 aromatic carbocycles. The number of hydrogen-bond donors (Lipinski definition) is 1. The number of rotatable bonds is 5. The Balaban J connectivity index is 1.71. The molecule has 3 rings (SSSR count). The van der Waals surface area contributed by atoms with Crippen LogP contribution >= 0.6 is 0 Å². The summed E-state index contributed by atoms with van der Waals surface area (Å²) >= 11 is 0. The zero-order chi connectivity index (χ0) is 14.7. The molecule has 0 amide bonds. The monoisotopic (exact) mass is 293 g/mol. The second kappa shape index (κ2) is 6.32. The molecule has 2 fully saturated rings. The van der Waals surface area contributed by atoms with E-state index in [1.54, 1.807) is 6.07 Å². The first-order chi connectivity index (χ1) is 10.2. The molecule has 1 atom stereocenters. The van der Waals surface area contributed by atoms with Crippen LogP contribution in [0.3, 0.4) is 0 Å². The Hall–Kier alpha value is -1.13. The van der Waals surface area contributed by atoms with E-state index in [4.69, 9.17) is 9.47 Å². The predicted octanol–water partition coefficient (Wildman–Crippen LogP) is 3.42. The molecule has 1 spiro atoms. The van der Waals surface area contributed by atoms with E-state index in [0.29, 0.717) is 12.3 Å². The van der Waals surface area contributed by atoms with E-state index in [1.165, 1.54) is 12.5 Å². The third kappa shape index (κ3) is 3.22. The fourth-order valence-corrected chi connectivity index (χ4v) is 3.25. The number of ether oxygens (including phenoxy) is 2. The summed E-state index contributed by atoms with van der Waals surface area (Å²) in [7, 11) is 0. The summed E-state index contributed by atoms with van der Waals surface area (Å²) in [5.74, 6) is 0.152. The van der Waals surface area contributed by atoms with Crippen LogP contribution in [0.2, 0.25) is 0 Å². The Kier molecular flexibility index (Phi) is 4.45. The lowest BCUT2D eigenvalue weighted by Gasteiger charge is -2.47. The second-order valence-electron chi connectivity index (χ2n) is 6.13. The van der Waals surface area contributed by atoms with Gasteiger partial charge in [0.15, 0.2) is 11.6 Å². The average molecular weight is 293 g/mol. The Bertz CT molecular complexity index is 488. The fourth-order valence-electron chi connectivity index (χ4n) is 3.25. The molecule has 0 radical (unpaired) electrons. The van der Waals surface area contributed by atoms with Crippen LogP contribution in [0.25, 0.3) is 0 Å². The van der Waals surface area contributed by atoms with E-state index < -0.39 is 0 Å². The van der Waals surface area contributed by atoms with Gasteiger partial charge in [0.05, 0.1) is 12.2 Å². The van der Waals surface area contributed by atoms with Gasteiger partial charge in [-0.05, 0) is 31.9 Å². The maximum atomic E-state index is 14.1. The van der Waals surface area contributed by atoms with Gasteiger partial charge in [0.25, 0.3) is 0 Å². The summed E-state index contributed by atoms with van der Waals surface area (Å²) in [4.78, 5) is 0. The van der Waals surface area contributed by atoms with Gasteiger partial charge in [0, 0.05) is 24.9 Å². The summed E-state index contributed by atoms with van der Waals surface area (Å²) in [6.07, 6.45) is 5.27. The molecule has 1 saturated carbocycles. The first-order valence-corrected chi connectivity index (χ1v) is 8.01. The Morgan fingerprint density at radius 2 is 2.29 bits per heavy atom. The van der Waals surface area contributed by atoms with E-state index in [1.807, 2.05) is 13.0 Å². The van der Waals surface area contributed by atoms with Crippen LogP contribution in [0.15, 0.2) is 18.2 Å². The molecule has 4 heteroatoms. The number of para-hydroxylation sites is 1. The van der Waals surface area contributed by atoms with Crippen molar-refractivity contribution in [2.45, 2.75) is 57.3 Å². The predicted molar refractivity (Wildman–Crippen MR) is 80.0 cm³/mol. The lowest BCUT2D eigenvalue weighted by atomic mass is 9.74. The Morgan fingerprint density at radius 3 is 3.00 bits per heavy atom. The van der Waals surface area contributed by atoms with E-state index in [-0.39, 0.29) is 17.5 Å². The highest BCUT2D eigenvalue weighted by atomic mass is 19.1. The van der Waals surface area contributed by atoms with E-state index in [2.05, 4.69) is 5.32 Å². The normalized spacial score (nSPS) is 23.8. The molecule has 0 aromatic heterocycles. The van der Waals surface area contributed by atoms with Crippen LogP contribution in [-0.4, -0.2) is 24.9 Å². The molecule has 116 valence electrons. The Labute approximate surface area is 125 Å². The minimum atomic E-state index is -0.264. The lowest BCUT2D eigenvalue weighted by Crippen LogP contribution is -2.48. The standard InChI is InChI=1S/C17H24FNO2/c1-2-19-12-13-5-3-6-15(18)16(13)21-14-7-10-20-17(11-14)8-4-9-17/h3,5-6,14,19H,2,4,7-12H2,1H3. The van der Waals surface area contributed by atoms with Crippen molar-refractivity contribution >= 4 is 0 Å². The zero-order valence-corrected chi connectivity index (χ0v) is 12.7. The smallest absolute Gasteiger partial charge is 0.165 e. The van der Waals surface area contributed by atoms with Crippen LogP contribution in [0.1, 0.15) is 44.6 Å². The van der Waals surface area contributed by atoms with Crippen LogP contribution in [-0.2, 0) is 11.3 Å². The average Bonchev–Trinajstić information content (AvgIpc) is 2.46. The molecule has 1 aromatic rings. The van der Waals surface area contributed by atoms with Crippen LogP contribution in [0.4, 0.5) is 4.39 Å². The summed E-state index contributed by atoms with van der Waals surface area (Å²) in [5.41, 5.74) is 0.918. The fraction of sp³-hybridized carbons (Fsp3) is 0.647. The highest BCUT2D eigenvalue weighted by Crippen LogP contribution is 2.43. The third-order valence-corrected chi connectivity index (χ3v) is 4.61. The first kappa shape index (κ1) is 14.8. The van der Waals surface area contributed by atoms with Gasteiger partial charge >= 0.3 is 0 Å². The van der Waals surface area contributed by atoms with Crippen molar-refractivity contribution in [3.63, 3.8) is 0 Å². The second-order valence-corrected chi connectivity index (χ2v) is 6.13. The molecule has 1 heterocycles. The van der Waals surface area contributed by atoms with Crippen LogP contribution < -0.4 is 10.1 Å². The van der Waals surface area contributed by atoms with Crippen molar-refractivity contribution < 1.29 is 13.9 Å². The van der Waals surface area contributed by atoms with Gasteiger partial charge in [0.1, 0.15) is 6.10 Å². The van der Waals surface area contributed by atoms with Gasteiger partial charge in [0.2, 0.25) is 0 Å². The molecule has 1 unspecified atom stereocenters. The van der Waals surface area contributed by atoms with Crippen molar-refractivity contribution in [2.24, 2.45) is 0 Å². The largest absolute Gasteiger partial charge is 0.487 e. The van der Waals surface area contributed by atoms with Gasteiger partial charge in [-0.2, -0.15) is 0 Å². The zero-order valence-electron chi connectivity index (χ0n) is 12.7. The van der Waals surface area contributed by atoms with Crippen molar-refractivity contribution in [3.05, 3.63) is 29.6 Å². The minimum Gasteiger partial charge on any atom is -0.487 e. The minimum absolute atomic E-state index is 0.0238. The van der Waals surface area contributed by atoms with Gasteiger partial charge in [-0.3, -0.25) is 0 Å². The summed E-state index contributed by atoms with van der Waals surface area (Å²) < 4.78 is 26.1. The highest BCUT2D eigenvalue weighted by Gasteiger charge is 2.43. The molecule has 21 heavy (non-hydrogen) atoms. The summed E-state index contributed by atoms with van der Waals surface area (Å²) in [6.45, 7) is 4.26. The van der Waals surface area contributed by atoms with E-state index in [9.17, 15) is 4.39 Å². The number of nitrogens with one attached hydrogen (secondary N) is 1. The molecule has 1 aliphatic heterocycles. The maximum Gasteiger partial charge on any atom is 0.165 e. The van der Waals surface area contributed by atoms with Crippen LogP contribution in [0, 0.1) is 5.82 Å². The maximum absolute atomic E-state index is 14.1. The summed E-state index contributed by atoms with van der Waals surface area (Å²) in [5, 5.41) is 3.24. The quantitative estimate of drug-likeness (QED) is 0.902. The van der Waals surface area contributed by atoms with Crippen molar-refractivity contribution in [3.8, 4) is 5.75 Å². The molecule has 0 bridgehead atoms. The Morgan fingerprint density at radius 1 is 1.43 bits per heavy atom. The number of benzene rings is 1. The summed E-state index contributed by atoms with van der Waals surface area (Å²) in [6, 6.07) is 5.15. The van der Waals surface area contributed by atoms with Gasteiger partial charge in [-0.1, -0.05) is 19.1 Å². The number of hydrogen-bond acceptors (Lipinski definition) is 3. The highest BCUT2D eigenvalue weighted by molar-refractivity contribution is 5.35. The molecular weight excluding hydrogens is 269 g/mol. The van der Waals surface area contributed by atoms with Crippen molar-refractivity contribution in [1.82, 2.24) is 5.32 Å². The van der Waals surface area contributed by atoms with Gasteiger partial charge in [-0.25, -0.2) is 4.39 Å². The molecule has 2 aliphatic rings. The topological polar surface area (TPSA) is 30.5 Å². The molecular formula is C17H24FNO2. The SMILES string of the molecule is CCNCc1cccc(F)c1OC1CCOC2(CCC2)C1. The van der Waals surface area contributed by atoms with Gasteiger partial charge in [-0.15, -0.1) is 0 Å².